The van der Waals surface area contributed by atoms with Gasteiger partial charge in [-0.1, -0.05) is 23.7 Å². The number of para-hydroxylation sites is 1. The summed E-state index contributed by atoms with van der Waals surface area (Å²) < 4.78 is 22.9. The summed E-state index contributed by atoms with van der Waals surface area (Å²) in [6.45, 7) is 0. The molecule has 0 aliphatic carbocycles. The van der Waals surface area contributed by atoms with E-state index in [2.05, 4.69) is 10.3 Å². The Morgan fingerprint density at radius 3 is 2.62 bits per heavy atom. The van der Waals surface area contributed by atoms with E-state index in [1.165, 1.54) is 30.5 Å². The molecule has 0 unspecified atom stereocenters. The smallest absolute Gasteiger partial charge is 0.257 e. The predicted octanol–water partition coefficient (Wildman–Crippen LogP) is 1.22. The van der Waals surface area contributed by atoms with Gasteiger partial charge in [-0.25, -0.2) is 18.5 Å². The van der Waals surface area contributed by atoms with E-state index in [-0.39, 0.29) is 27.0 Å². The van der Waals surface area contributed by atoms with Crippen molar-refractivity contribution in [2.24, 2.45) is 5.14 Å². The molecule has 2 aromatic rings. The van der Waals surface area contributed by atoms with Crippen LogP contribution in [-0.2, 0) is 10.0 Å². The minimum Gasteiger partial charge on any atom is -0.397 e. The Kier molecular flexibility index (Phi) is 4.12. The lowest BCUT2D eigenvalue weighted by Crippen LogP contribution is -2.19. The largest absolute Gasteiger partial charge is 0.397 e. The molecule has 0 aliphatic heterocycles. The lowest BCUT2D eigenvalue weighted by atomic mass is 10.2. The van der Waals surface area contributed by atoms with Crippen LogP contribution in [-0.4, -0.2) is 19.3 Å². The molecule has 1 aromatic carbocycles. The highest BCUT2D eigenvalue weighted by Crippen LogP contribution is 2.22. The third-order valence-corrected chi connectivity index (χ3v) is 3.76. The second-order valence-electron chi connectivity index (χ2n) is 4.09. The number of nitrogens with zero attached hydrogens (tertiary/aromatic N) is 1. The molecular weight excluding hydrogens is 316 g/mol. The zero-order chi connectivity index (χ0) is 15.6. The maximum atomic E-state index is 12.2. The van der Waals surface area contributed by atoms with Crippen molar-refractivity contribution in [3.63, 3.8) is 0 Å². The van der Waals surface area contributed by atoms with E-state index < -0.39 is 15.9 Å². The van der Waals surface area contributed by atoms with E-state index in [1.807, 2.05) is 0 Å². The van der Waals surface area contributed by atoms with Crippen LogP contribution in [0.5, 0.6) is 0 Å². The number of hydrogen-bond acceptors (Lipinski definition) is 5. The average Bonchev–Trinajstić information content (AvgIpc) is 2.41. The van der Waals surface area contributed by atoms with Crippen molar-refractivity contribution in [3.8, 4) is 0 Å². The molecule has 0 radical (unpaired) electrons. The number of benzene rings is 1. The van der Waals surface area contributed by atoms with E-state index in [1.54, 1.807) is 6.07 Å². The van der Waals surface area contributed by atoms with Crippen molar-refractivity contribution >= 4 is 38.9 Å². The summed E-state index contributed by atoms with van der Waals surface area (Å²) in [6.07, 6.45) is 1.24. The molecule has 0 atom stereocenters. The molecule has 1 amide bonds. The highest BCUT2D eigenvalue weighted by atomic mass is 35.5. The summed E-state index contributed by atoms with van der Waals surface area (Å²) in [7, 11) is -3.96. The number of pyridine rings is 1. The summed E-state index contributed by atoms with van der Waals surface area (Å²) in [4.78, 5) is 15.7. The average molecular weight is 327 g/mol. The normalized spacial score (nSPS) is 11.1. The first kappa shape index (κ1) is 15.2. The topological polar surface area (TPSA) is 128 Å². The SMILES string of the molecule is Nc1cnc(Cl)cc1C(=O)Nc1ccccc1S(N)(=O)=O. The fourth-order valence-corrected chi connectivity index (χ4v) is 2.50. The van der Waals surface area contributed by atoms with Gasteiger partial charge in [-0.2, -0.15) is 0 Å². The fraction of sp³-hybridized carbons (Fsp3) is 0. The quantitative estimate of drug-likeness (QED) is 0.730. The van der Waals surface area contributed by atoms with E-state index in [4.69, 9.17) is 22.5 Å². The Labute approximate surface area is 126 Å². The third-order valence-electron chi connectivity index (χ3n) is 2.59. The first-order valence-corrected chi connectivity index (χ1v) is 7.55. The zero-order valence-corrected chi connectivity index (χ0v) is 12.1. The molecule has 0 aliphatic rings. The van der Waals surface area contributed by atoms with E-state index in [9.17, 15) is 13.2 Å². The number of nitrogens with one attached hydrogen (secondary N) is 1. The van der Waals surface area contributed by atoms with E-state index >= 15 is 0 Å². The number of nitrogens with two attached hydrogens (primary N) is 2. The number of sulfonamides is 1. The van der Waals surface area contributed by atoms with Crippen LogP contribution in [0, 0.1) is 0 Å². The molecule has 0 fully saturated rings. The predicted molar refractivity (Wildman–Crippen MR) is 79.4 cm³/mol. The second kappa shape index (κ2) is 5.68. The Bertz CT molecular complexity index is 808. The van der Waals surface area contributed by atoms with Gasteiger partial charge in [0.15, 0.2) is 0 Å². The van der Waals surface area contributed by atoms with E-state index in [0.29, 0.717) is 0 Å². The van der Waals surface area contributed by atoms with Gasteiger partial charge in [0.05, 0.1) is 23.1 Å². The number of nitrogen functional groups attached to an aromatic ring is 1. The van der Waals surface area contributed by atoms with Crippen LogP contribution >= 0.6 is 11.6 Å². The number of rotatable bonds is 3. The Morgan fingerprint density at radius 2 is 1.95 bits per heavy atom. The van der Waals surface area contributed by atoms with Gasteiger partial charge in [0.1, 0.15) is 10.0 Å². The summed E-state index contributed by atoms with van der Waals surface area (Å²) >= 11 is 5.71. The molecule has 2 rings (SSSR count). The molecule has 7 nitrogen and oxygen atoms in total. The fourth-order valence-electron chi connectivity index (χ4n) is 1.64. The molecule has 0 saturated carbocycles. The Hall–Kier alpha value is -2.16. The van der Waals surface area contributed by atoms with Crippen molar-refractivity contribution in [2.45, 2.75) is 4.90 Å². The molecule has 9 heteroatoms. The maximum Gasteiger partial charge on any atom is 0.257 e. The minimum absolute atomic E-state index is 0.0531. The Balaban J connectivity index is 2.39. The number of carbonyl (C=O) groups is 1. The van der Waals surface area contributed by atoms with Gasteiger partial charge in [0.25, 0.3) is 5.91 Å². The molecule has 5 N–H and O–H groups in total. The van der Waals surface area contributed by atoms with Crippen LogP contribution < -0.4 is 16.2 Å². The second-order valence-corrected chi connectivity index (χ2v) is 6.01. The van der Waals surface area contributed by atoms with Gasteiger partial charge in [-0.15, -0.1) is 0 Å². The van der Waals surface area contributed by atoms with Gasteiger partial charge in [0.2, 0.25) is 10.0 Å². The van der Waals surface area contributed by atoms with Crippen molar-refractivity contribution in [1.82, 2.24) is 4.98 Å². The van der Waals surface area contributed by atoms with Crippen molar-refractivity contribution in [1.29, 1.82) is 0 Å². The van der Waals surface area contributed by atoms with E-state index in [0.717, 1.165) is 0 Å². The molecule has 0 saturated heterocycles. The van der Waals surface area contributed by atoms with Crippen LogP contribution in [0.4, 0.5) is 11.4 Å². The number of halogens is 1. The molecular formula is C12H11ClN4O3S. The van der Waals surface area contributed by atoms with Crippen LogP contribution in [0.3, 0.4) is 0 Å². The van der Waals surface area contributed by atoms with Crippen molar-refractivity contribution < 1.29 is 13.2 Å². The monoisotopic (exact) mass is 326 g/mol. The minimum atomic E-state index is -3.96. The molecule has 1 aromatic heterocycles. The third kappa shape index (κ3) is 3.48. The molecule has 0 bridgehead atoms. The highest BCUT2D eigenvalue weighted by molar-refractivity contribution is 7.89. The van der Waals surface area contributed by atoms with Gasteiger partial charge in [0, 0.05) is 0 Å². The maximum absolute atomic E-state index is 12.2. The number of primary sulfonamides is 1. The Morgan fingerprint density at radius 1 is 1.29 bits per heavy atom. The van der Waals surface area contributed by atoms with Crippen LogP contribution in [0.15, 0.2) is 41.4 Å². The number of anilines is 2. The molecule has 110 valence electrons. The van der Waals surface area contributed by atoms with Crippen LogP contribution in [0.25, 0.3) is 0 Å². The number of amides is 1. The van der Waals surface area contributed by atoms with Crippen LogP contribution in [0.2, 0.25) is 5.15 Å². The summed E-state index contributed by atoms with van der Waals surface area (Å²) in [5.74, 6) is -0.618. The number of carbonyl (C=O) groups excluding carboxylic acids is 1. The van der Waals surface area contributed by atoms with Gasteiger partial charge in [-0.3, -0.25) is 4.79 Å². The van der Waals surface area contributed by atoms with Gasteiger partial charge in [-0.05, 0) is 18.2 Å². The van der Waals surface area contributed by atoms with Crippen molar-refractivity contribution in [3.05, 3.63) is 47.2 Å². The summed E-state index contributed by atoms with van der Waals surface area (Å²) in [5.41, 5.74) is 5.89. The summed E-state index contributed by atoms with van der Waals surface area (Å²) in [5, 5.41) is 7.62. The zero-order valence-electron chi connectivity index (χ0n) is 10.6. The molecule has 1 heterocycles. The first-order valence-electron chi connectivity index (χ1n) is 5.63. The summed E-state index contributed by atoms with van der Waals surface area (Å²) in [6, 6.07) is 7.04. The van der Waals surface area contributed by atoms with Gasteiger partial charge < -0.3 is 11.1 Å². The number of hydrogen-bond donors (Lipinski definition) is 3. The lowest BCUT2D eigenvalue weighted by molar-refractivity contribution is 0.102. The standard InChI is InChI=1S/C12H11ClN4O3S/c13-11-5-7(8(14)6-16-11)12(18)17-9-3-1-2-4-10(9)21(15,19)20/h1-6H,14H2,(H,17,18)(H2,15,19,20). The first-order chi connectivity index (χ1) is 9.79. The van der Waals surface area contributed by atoms with Crippen molar-refractivity contribution in [2.75, 3.05) is 11.1 Å². The van der Waals surface area contributed by atoms with Gasteiger partial charge >= 0.3 is 0 Å². The highest BCUT2D eigenvalue weighted by Gasteiger charge is 2.17. The van der Waals surface area contributed by atoms with Crippen LogP contribution in [0.1, 0.15) is 10.4 Å². The molecule has 0 spiro atoms. The lowest BCUT2D eigenvalue weighted by Gasteiger charge is -2.10. The number of aromatic nitrogens is 1. The molecule has 21 heavy (non-hydrogen) atoms.